The average molecular weight is 400 g/mol. The van der Waals surface area contributed by atoms with Crippen LogP contribution in [0.2, 0.25) is 0 Å². The van der Waals surface area contributed by atoms with E-state index in [0.717, 1.165) is 0 Å². The minimum absolute atomic E-state index is 1.32. The minimum Gasteiger partial charge on any atom is -0.0610 e. The van der Waals surface area contributed by atoms with Crippen molar-refractivity contribution in [3.8, 4) is 0 Å². The third kappa shape index (κ3) is 1.60. The maximum absolute atomic E-state index is 2.46. The molecular formula is C32H16. The molecule has 0 unspecified atom stereocenters. The SMILES string of the molecule is c1cc2ccc3cc4ccc5c6cccc7cccc(c8cc9cc(c1)c2c3c9c4c58)c76. The summed E-state index contributed by atoms with van der Waals surface area (Å²) in [4.78, 5) is 0. The number of fused-ring (bicyclic) bond motifs is 2. The Hall–Kier alpha value is -4.16. The summed E-state index contributed by atoms with van der Waals surface area (Å²) in [6.07, 6.45) is 0. The Morgan fingerprint density at radius 1 is 0.250 bits per heavy atom. The molecule has 0 heterocycles. The first-order valence-electron chi connectivity index (χ1n) is 11.3. The van der Waals surface area contributed by atoms with Crippen LogP contribution in [0.1, 0.15) is 0 Å². The zero-order valence-electron chi connectivity index (χ0n) is 17.2. The van der Waals surface area contributed by atoms with Gasteiger partial charge in [0, 0.05) is 0 Å². The third-order valence-electron chi connectivity index (χ3n) is 7.81. The van der Waals surface area contributed by atoms with Crippen LogP contribution in [0, 0.1) is 0 Å². The second-order valence-electron chi connectivity index (χ2n) is 9.31. The molecule has 144 valence electrons. The predicted octanol–water partition coefficient (Wildman–Crippen LogP) is 9.23. The molecule has 0 aliphatic carbocycles. The van der Waals surface area contributed by atoms with Crippen molar-refractivity contribution in [2.75, 3.05) is 0 Å². The smallest absolute Gasteiger partial charge is 0.00134 e. The first kappa shape index (κ1) is 15.6. The van der Waals surface area contributed by atoms with E-state index in [1.54, 1.807) is 0 Å². The molecule has 0 saturated heterocycles. The van der Waals surface area contributed by atoms with Gasteiger partial charge in [-0.25, -0.2) is 0 Å². The number of hydrogen-bond donors (Lipinski definition) is 0. The van der Waals surface area contributed by atoms with Crippen molar-refractivity contribution in [3.05, 3.63) is 97.1 Å². The van der Waals surface area contributed by atoms with E-state index in [9.17, 15) is 0 Å². The highest BCUT2D eigenvalue weighted by Crippen LogP contribution is 2.49. The molecule has 0 heteroatoms. The predicted molar refractivity (Wildman–Crippen MR) is 140 cm³/mol. The fourth-order valence-corrected chi connectivity index (χ4v) is 6.61. The van der Waals surface area contributed by atoms with E-state index < -0.39 is 0 Å². The van der Waals surface area contributed by atoms with Crippen LogP contribution >= 0.6 is 0 Å². The Kier molecular flexibility index (Phi) is 2.44. The van der Waals surface area contributed by atoms with Gasteiger partial charge in [-0.1, -0.05) is 78.9 Å². The molecule has 0 aliphatic rings. The van der Waals surface area contributed by atoms with Crippen molar-refractivity contribution in [1.29, 1.82) is 0 Å². The molecule has 0 fully saturated rings. The van der Waals surface area contributed by atoms with Gasteiger partial charge in [0.25, 0.3) is 0 Å². The second kappa shape index (κ2) is 5.00. The van der Waals surface area contributed by atoms with Gasteiger partial charge in [-0.2, -0.15) is 0 Å². The van der Waals surface area contributed by atoms with E-state index in [1.807, 2.05) is 0 Å². The summed E-state index contributed by atoms with van der Waals surface area (Å²) in [6, 6.07) is 36.7. The molecule has 0 nitrogen and oxygen atoms in total. The van der Waals surface area contributed by atoms with E-state index in [0.29, 0.717) is 0 Å². The van der Waals surface area contributed by atoms with Gasteiger partial charge < -0.3 is 0 Å². The molecular weight excluding hydrogens is 384 g/mol. The van der Waals surface area contributed by atoms with Crippen molar-refractivity contribution in [1.82, 2.24) is 0 Å². The van der Waals surface area contributed by atoms with E-state index in [-0.39, 0.29) is 0 Å². The summed E-state index contributed by atoms with van der Waals surface area (Å²) in [7, 11) is 0. The lowest BCUT2D eigenvalue weighted by Gasteiger charge is -2.21. The highest BCUT2D eigenvalue weighted by atomic mass is 14.2. The molecule has 0 spiro atoms. The fourth-order valence-electron chi connectivity index (χ4n) is 6.61. The molecule has 0 amide bonds. The number of hydrogen-bond acceptors (Lipinski definition) is 0. The van der Waals surface area contributed by atoms with Gasteiger partial charge in [0.05, 0.1) is 0 Å². The van der Waals surface area contributed by atoms with E-state index in [2.05, 4.69) is 97.1 Å². The zero-order valence-corrected chi connectivity index (χ0v) is 17.2. The average Bonchev–Trinajstić information content (AvgIpc) is 2.84. The van der Waals surface area contributed by atoms with Crippen molar-refractivity contribution < 1.29 is 0 Å². The zero-order chi connectivity index (χ0) is 20.6. The summed E-state index contributed by atoms with van der Waals surface area (Å²) in [5.74, 6) is 0. The molecule has 0 atom stereocenters. The molecule has 9 aromatic rings. The van der Waals surface area contributed by atoms with Crippen molar-refractivity contribution in [2.24, 2.45) is 0 Å². The maximum atomic E-state index is 2.46. The molecule has 0 bridgehead atoms. The first-order chi connectivity index (χ1) is 15.9. The molecule has 0 saturated carbocycles. The van der Waals surface area contributed by atoms with Crippen LogP contribution in [0.4, 0.5) is 0 Å². The number of rotatable bonds is 0. The lowest BCUT2D eigenvalue weighted by atomic mass is 9.82. The van der Waals surface area contributed by atoms with Crippen LogP contribution in [-0.4, -0.2) is 0 Å². The standard InChI is InChI=1S/C32H16/c1-4-18-10-11-20-14-21-12-13-25-23-8-2-5-17-6-3-9-24(28(17)23)26-16-22-15-19(7-1)27(18)29(20)31(22)30(21)32(25)26/h1-16H. The molecule has 0 radical (unpaired) electrons. The summed E-state index contributed by atoms with van der Waals surface area (Å²) < 4.78 is 0. The van der Waals surface area contributed by atoms with Crippen LogP contribution in [0.15, 0.2) is 97.1 Å². The molecule has 9 rings (SSSR count). The van der Waals surface area contributed by atoms with Gasteiger partial charge in [-0.05, 0) is 104 Å². The monoisotopic (exact) mass is 400 g/mol. The summed E-state index contributed by atoms with van der Waals surface area (Å²) >= 11 is 0. The van der Waals surface area contributed by atoms with Crippen molar-refractivity contribution >= 4 is 86.2 Å². The fraction of sp³-hybridized carbons (Fsp3) is 0. The third-order valence-corrected chi connectivity index (χ3v) is 7.81. The van der Waals surface area contributed by atoms with E-state index in [1.165, 1.54) is 86.2 Å². The summed E-state index contributed by atoms with van der Waals surface area (Å²) in [5.41, 5.74) is 0. The van der Waals surface area contributed by atoms with Gasteiger partial charge in [0.2, 0.25) is 0 Å². The highest BCUT2D eigenvalue weighted by molar-refractivity contribution is 6.44. The molecule has 32 heavy (non-hydrogen) atoms. The van der Waals surface area contributed by atoms with E-state index >= 15 is 0 Å². The van der Waals surface area contributed by atoms with E-state index in [4.69, 9.17) is 0 Å². The van der Waals surface area contributed by atoms with Gasteiger partial charge >= 0.3 is 0 Å². The second-order valence-corrected chi connectivity index (χ2v) is 9.31. The molecule has 0 N–H and O–H groups in total. The normalized spacial score (nSPS) is 13.0. The van der Waals surface area contributed by atoms with Gasteiger partial charge in [0.15, 0.2) is 0 Å². The first-order valence-corrected chi connectivity index (χ1v) is 11.3. The van der Waals surface area contributed by atoms with Crippen LogP contribution < -0.4 is 0 Å². The lowest BCUT2D eigenvalue weighted by molar-refractivity contribution is 1.80. The summed E-state index contributed by atoms with van der Waals surface area (Å²) in [6.45, 7) is 0. The van der Waals surface area contributed by atoms with Crippen LogP contribution in [0.3, 0.4) is 0 Å². The largest absolute Gasteiger partial charge is 0.0610 e. The maximum Gasteiger partial charge on any atom is -0.00134 e. The van der Waals surface area contributed by atoms with Gasteiger partial charge in [0.1, 0.15) is 0 Å². The minimum atomic E-state index is 1.32. The Morgan fingerprint density at radius 3 is 1.59 bits per heavy atom. The van der Waals surface area contributed by atoms with Crippen molar-refractivity contribution in [2.45, 2.75) is 0 Å². The van der Waals surface area contributed by atoms with Crippen LogP contribution in [0.25, 0.3) is 86.2 Å². The Balaban J connectivity index is 1.73. The highest BCUT2D eigenvalue weighted by Gasteiger charge is 2.20. The van der Waals surface area contributed by atoms with Gasteiger partial charge in [-0.15, -0.1) is 0 Å². The topological polar surface area (TPSA) is 0 Å². The number of benzene rings is 9. The van der Waals surface area contributed by atoms with Crippen LogP contribution in [-0.2, 0) is 0 Å². The van der Waals surface area contributed by atoms with Gasteiger partial charge in [-0.3, -0.25) is 0 Å². The molecule has 0 aliphatic heterocycles. The lowest BCUT2D eigenvalue weighted by Crippen LogP contribution is -1.92. The Morgan fingerprint density at radius 2 is 0.750 bits per heavy atom. The van der Waals surface area contributed by atoms with Crippen molar-refractivity contribution in [3.63, 3.8) is 0 Å². The molecule has 9 aromatic carbocycles. The Bertz CT molecular complexity index is 2170. The molecule has 0 aromatic heterocycles. The summed E-state index contributed by atoms with van der Waals surface area (Å²) in [5, 5.41) is 22.0. The Labute approximate surface area is 183 Å². The quantitative estimate of drug-likeness (QED) is 0.176. The van der Waals surface area contributed by atoms with Crippen LogP contribution in [0.5, 0.6) is 0 Å².